The highest BCUT2D eigenvalue weighted by Gasteiger charge is 2.31. The Hall–Kier alpha value is -2.18. The van der Waals surface area contributed by atoms with Crippen molar-refractivity contribution in [2.45, 2.75) is 25.9 Å². The van der Waals surface area contributed by atoms with E-state index in [1.165, 1.54) is 17.9 Å². The third-order valence-corrected chi connectivity index (χ3v) is 3.63. The zero-order chi connectivity index (χ0) is 16.3. The average Bonchev–Trinajstić information content (AvgIpc) is 2.50. The van der Waals surface area contributed by atoms with Crippen molar-refractivity contribution in [1.82, 2.24) is 4.90 Å². The van der Waals surface area contributed by atoms with Crippen LogP contribution in [0.25, 0.3) is 0 Å². The predicted molar refractivity (Wildman–Crippen MR) is 73.4 cm³/mol. The van der Waals surface area contributed by atoms with Crippen molar-refractivity contribution in [3.05, 3.63) is 29.8 Å². The number of halogens is 2. The van der Waals surface area contributed by atoms with E-state index in [4.69, 9.17) is 9.84 Å². The van der Waals surface area contributed by atoms with Crippen LogP contribution < -0.4 is 4.74 Å². The molecule has 22 heavy (non-hydrogen) atoms. The molecule has 2 atom stereocenters. The number of carboxylic acid groups (broad SMARTS) is 1. The molecule has 1 aliphatic rings. The SMILES string of the molecule is C[C@@H](Oc1ccc(F)c(F)c1)C(=O)N1CCC[C@@H](C(=O)O)C1. The van der Waals surface area contributed by atoms with Crippen molar-refractivity contribution < 1.29 is 28.2 Å². The number of carbonyl (C=O) groups excluding carboxylic acids is 1. The first kappa shape index (κ1) is 16.2. The van der Waals surface area contributed by atoms with Crippen molar-refractivity contribution in [1.29, 1.82) is 0 Å². The number of hydrogen-bond acceptors (Lipinski definition) is 3. The van der Waals surface area contributed by atoms with Gasteiger partial charge in [-0.25, -0.2) is 8.78 Å². The average molecular weight is 313 g/mol. The van der Waals surface area contributed by atoms with Gasteiger partial charge in [-0.3, -0.25) is 9.59 Å². The van der Waals surface area contributed by atoms with E-state index in [2.05, 4.69) is 0 Å². The molecule has 0 aliphatic carbocycles. The number of carbonyl (C=O) groups is 2. The van der Waals surface area contributed by atoms with Crippen molar-refractivity contribution in [2.24, 2.45) is 5.92 Å². The van der Waals surface area contributed by atoms with Crippen molar-refractivity contribution in [3.8, 4) is 5.75 Å². The molecule has 1 saturated heterocycles. The second-order valence-corrected chi connectivity index (χ2v) is 5.30. The van der Waals surface area contributed by atoms with E-state index in [1.54, 1.807) is 0 Å². The molecule has 7 heteroatoms. The molecule has 0 unspecified atom stereocenters. The minimum absolute atomic E-state index is 0.0477. The molecular formula is C15H17F2NO4. The summed E-state index contributed by atoms with van der Waals surface area (Å²) < 4.78 is 31.3. The minimum atomic E-state index is -1.05. The molecule has 0 bridgehead atoms. The number of carboxylic acids is 1. The maximum Gasteiger partial charge on any atom is 0.308 e. The molecule has 1 heterocycles. The summed E-state index contributed by atoms with van der Waals surface area (Å²) in [5.41, 5.74) is 0. The number of aliphatic carboxylic acids is 1. The van der Waals surface area contributed by atoms with Gasteiger partial charge in [0.25, 0.3) is 5.91 Å². The predicted octanol–water partition coefficient (Wildman–Crippen LogP) is 2.06. The second-order valence-electron chi connectivity index (χ2n) is 5.30. The summed E-state index contributed by atoms with van der Waals surface area (Å²) in [6.45, 7) is 2.10. The number of piperidine rings is 1. The van der Waals surface area contributed by atoms with Crippen molar-refractivity contribution in [2.75, 3.05) is 13.1 Å². The summed E-state index contributed by atoms with van der Waals surface area (Å²) in [7, 11) is 0. The number of benzene rings is 1. The van der Waals surface area contributed by atoms with Gasteiger partial charge in [0, 0.05) is 19.2 Å². The van der Waals surface area contributed by atoms with Gasteiger partial charge in [0.2, 0.25) is 0 Å². The van der Waals surface area contributed by atoms with Gasteiger partial charge in [0.1, 0.15) is 5.75 Å². The molecule has 5 nitrogen and oxygen atoms in total. The maximum absolute atomic E-state index is 13.1. The molecule has 1 aromatic rings. The highest BCUT2D eigenvalue weighted by atomic mass is 19.2. The molecule has 1 amide bonds. The van der Waals surface area contributed by atoms with Gasteiger partial charge in [-0.1, -0.05) is 0 Å². The zero-order valence-electron chi connectivity index (χ0n) is 12.1. The summed E-state index contributed by atoms with van der Waals surface area (Å²) >= 11 is 0. The zero-order valence-corrected chi connectivity index (χ0v) is 12.1. The summed E-state index contributed by atoms with van der Waals surface area (Å²) in [5, 5.41) is 9.02. The lowest BCUT2D eigenvalue weighted by atomic mass is 9.98. The Kier molecular flexibility index (Phi) is 4.95. The topological polar surface area (TPSA) is 66.8 Å². The number of amides is 1. The van der Waals surface area contributed by atoms with Crippen LogP contribution in [0, 0.1) is 17.6 Å². The molecular weight excluding hydrogens is 296 g/mol. The third kappa shape index (κ3) is 3.72. The molecule has 120 valence electrons. The standard InChI is InChI=1S/C15H17F2NO4/c1-9(22-11-4-5-12(16)13(17)7-11)14(19)18-6-2-3-10(8-18)15(20)21/h4-5,7,9-10H,2-3,6,8H2,1H3,(H,20,21)/t9-,10-/m1/s1. The fourth-order valence-corrected chi connectivity index (χ4v) is 2.44. The van der Waals surface area contributed by atoms with Gasteiger partial charge >= 0.3 is 5.97 Å². The normalized spacial score (nSPS) is 19.6. The van der Waals surface area contributed by atoms with Crippen LogP contribution in [0.15, 0.2) is 18.2 Å². The van der Waals surface area contributed by atoms with Crippen LogP contribution in [-0.4, -0.2) is 41.1 Å². The van der Waals surface area contributed by atoms with E-state index in [1.807, 2.05) is 0 Å². The Morgan fingerprint density at radius 1 is 1.36 bits per heavy atom. The number of nitrogens with zero attached hydrogens (tertiary/aromatic N) is 1. The van der Waals surface area contributed by atoms with Gasteiger partial charge in [0.05, 0.1) is 5.92 Å². The highest BCUT2D eigenvalue weighted by Crippen LogP contribution is 2.20. The van der Waals surface area contributed by atoms with Gasteiger partial charge in [-0.2, -0.15) is 0 Å². The van der Waals surface area contributed by atoms with E-state index >= 15 is 0 Å². The Morgan fingerprint density at radius 2 is 2.09 bits per heavy atom. The van der Waals surface area contributed by atoms with Gasteiger partial charge < -0.3 is 14.7 Å². The van der Waals surface area contributed by atoms with E-state index in [0.717, 1.165) is 12.1 Å². The molecule has 0 radical (unpaired) electrons. The Morgan fingerprint density at radius 3 is 2.73 bits per heavy atom. The van der Waals surface area contributed by atoms with Crippen LogP contribution in [0.3, 0.4) is 0 Å². The molecule has 0 saturated carbocycles. The summed E-state index contributed by atoms with van der Waals surface area (Å²) in [6.07, 6.45) is 0.246. The van der Waals surface area contributed by atoms with Crippen LogP contribution in [0.5, 0.6) is 5.75 Å². The molecule has 2 rings (SSSR count). The molecule has 1 aliphatic heterocycles. The van der Waals surface area contributed by atoms with Crippen LogP contribution >= 0.6 is 0 Å². The van der Waals surface area contributed by atoms with Gasteiger partial charge in [0.15, 0.2) is 17.7 Å². The van der Waals surface area contributed by atoms with Crippen molar-refractivity contribution in [3.63, 3.8) is 0 Å². The Bertz CT molecular complexity index is 579. The Balaban J connectivity index is 1.99. The first-order valence-corrected chi connectivity index (χ1v) is 7.01. The quantitative estimate of drug-likeness (QED) is 0.924. The first-order chi connectivity index (χ1) is 10.4. The summed E-state index contributed by atoms with van der Waals surface area (Å²) in [4.78, 5) is 24.7. The second kappa shape index (κ2) is 6.72. The van der Waals surface area contributed by atoms with E-state index in [0.29, 0.717) is 19.4 Å². The van der Waals surface area contributed by atoms with Crippen LogP contribution in [0.1, 0.15) is 19.8 Å². The van der Waals surface area contributed by atoms with Crippen LogP contribution in [0.2, 0.25) is 0 Å². The lowest BCUT2D eigenvalue weighted by Crippen LogP contribution is -2.47. The fourth-order valence-electron chi connectivity index (χ4n) is 2.44. The lowest BCUT2D eigenvalue weighted by Gasteiger charge is -2.32. The maximum atomic E-state index is 13.1. The molecule has 0 aromatic heterocycles. The number of ether oxygens (including phenoxy) is 1. The largest absolute Gasteiger partial charge is 0.481 e. The number of rotatable bonds is 4. The minimum Gasteiger partial charge on any atom is -0.481 e. The summed E-state index contributed by atoms with van der Waals surface area (Å²) in [6, 6.07) is 3.02. The van der Waals surface area contributed by atoms with Crippen molar-refractivity contribution >= 4 is 11.9 Å². The fraction of sp³-hybridized carbons (Fsp3) is 0.467. The van der Waals surface area contributed by atoms with Gasteiger partial charge in [-0.05, 0) is 31.9 Å². The summed E-state index contributed by atoms with van der Waals surface area (Å²) in [5.74, 6) is -3.87. The van der Waals surface area contributed by atoms with E-state index in [-0.39, 0.29) is 18.2 Å². The first-order valence-electron chi connectivity index (χ1n) is 7.01. The van der Waals surface area contributed by atoms with E-state index < -0.39 is 29.6 Å². The van der Waals surface area contributed by atoms with Crippen LogP contribution in [0.4, 0.5) is 8.78 Å². The number of hydrogen-bond donors (Lipinski definition) is 1. The highest BCUT2D eigenvalue weighted by molar-refractivity contribution is 5.82. The molecule has 1 aromatic carbocycles. The smallest absolute Gasteiger partial charge is 0.308 e. The Labute approximate surface area is 126 Å². The number of likely N-dealkylation sites (tertiary alicyclic amines) is 1. The van der Waals surface area contributed by atoms with E-state index in [9.17, 15) is 18.4 Å². The van der Waals surface area contributed by atoms with Gasteiger partial charge in [-0.15, -0.1) is 0 Å². The van der Waals surface area contributed by atoms with Crippen LogP contribution in [-0.2, 0) is 9.59 Å². The monoisotopic (exact) mass is 313 g/mol. The third-order valence-electron chi connectivity index (χ3n) is 3.63. The lowest BCUT2D eigenvalue weighted by molar-refractivity contribution is -0.147. The molecule has 1 N–H and O–H groups in total. The molecule has 0 spiro atoms. The molecule has 1 fully saturated rings.